The normalized spacial score (nSPS) is 10.7. The predicted octanol–water partition coefficient (Wildman–Crippen LogP) is 5.07. The fraction of sp³-hybridized carbons (Fsp3) is 0. The van der Waals surface area contributed by atoms with Crippen LogP contribution in [0.4, 0.5) is 5.69 Å². The second-order valence-electron chi connectivity index (χ2n) is 4.79. The predicted molar refractivity (Wildman–Crippen MR) is 93.9 cm³/mol. The summed E-state index contributed by atoms with van der Waals surface area (Å²) in [4.78, 5) is 12.9. The van der Waals surface area contributed by atoms with Gasteiger partial charge in [0, 0.05) is 16.6 Å². The van der Waals surface area contributed by atoms with E-state index in [1.165, 1.54) is 11.1 Å². The van der Waals surface area contributed by atoms with E-state index in [2.05, 4.69) is 28.9 Å². The second kappa shape index (κ2) is 6.87. The van der Waals surface area contributed by atoms with E-state index in [9.17, 15) is 4.79 Å². The smallest absolute Gasteiger partial charge is 0.248 e. The van der Waals surface area contributed by atoms with Crippen molar-refractivity contribution in [3.05, 3.63) is 83.1 Å². The first-order valence-electron chi connectivity index (χ1n) is 6.99. The van der Waals surface area contributed by atoms with Crippen molar-refractivity contribution in [1.82, 2.24) is 0 Å². The van der Waals surface area contributed by atoms with Crippen molar-refractivity contribution in [3.63, 3.8) is 0 Å². The summed E-state index contributed by atoms with van der Waals surface area (Å²) in [5, 5.41) is 4.93. The van der Waals surface area contributed by atoms with Crippen LogP contribution >= 0.6 is 11.3 Å². The Morgan fingerprint density at radius 1 is 0.909 bits per heavy atom. The third-order valence-electron chi connectivity index (χ3n) is 3.17. The van der Waals surface area contributed by atoms with Crippen LogP contribution in [0.2, 0.25) is 0 Å². The molecule has 108 valence electrons. The number of para-hydroxylation sites is 1. The van der Waals surface area contributed by atoms with E-state index in [-0.39, 0.29) is 5.91 Å². The lowest BCUT2D eigenvalue weighted by Gasteiger charge is -2.00. The average molecular weight is 305 g/mol. The number of carbonyl (C=O) groups is 1. The highest BCUT2D eigenvalue weighted by molar-refractivity contribution is 7.11. The third kappa shape index (κ3) is 3.71. The molecule has 0 unspecified atom stereocenters. The van der Waals surface area contributed by atoms with Gasteiger partial charge in [-0.1, -0.05) is 48.5 Å². The fourth-order valence-corrected chi connectivity index (χ4v) is 2.89. The molecule has 0 bridgehead atoms. The molecule has 0 aliphatic heterocycles. The molecule has 0 saturated carbocycles. The lowest BCUT2D eigenvalue weighted by molar-refractivity contribution is -0.111. The Labute approximate surface area is 133 Å². The molecule has 3 aromatic rings. The van der Waals surface area contributed by atoms with Crippen molar-refractivity contribution in [2.24, 2.45) is 0 Å². The molecule has 1 N–H and O–H groups in total. The number of benzene rings is 2. The first-order chi connectivity index (χ1) is 10.8. The van der Waals surface area contributed by atoms with Crippen molar-refractivity contribution in [2.45, 2.75) is 0 Å². The van der Waals surface area contributed by atoms with E-state index < -0.39 is 0 Å². The van der Waals surface area contributed by atoms with Crippen LogP contribution in [-0.4, -0.2) is 5.91 Å². The molecule has 22 heavy (non-hydrogen) atoms. The van der Waals surface area contributed by atoms with Gasteiger partial charge in [0.25, 0.3) is 0 Å². The van der Waals surface area contributed by atoms with Crippen molar-refractivity contribution < 1.29 is 4.79 Å². The number of rotatable bonds is 4. The molecule has 0 radical (unpaired) electrons. The van der Waals surface area contributed by atoms with Gasteiger partial charge in [-0.2, -0.15) is 0 Å². The zero-order valence-electron chi connectivity index (χ0n) is 11.9. The number of amides is 1. The highest BCUT2D eigenvalue weighted by Gasteiger charge is 2.01. The Kier molecular flexibility index (Phi) is 4.47. The van der Waals surface area contributed by atoms with Gasteiger partial charge in [-0.25, -0.2) is 0 Å². The van der Waals surface area contributed by atoms with Gasteiger partial charge in [0.05, 0.1) is 0 Å². The van der Waals surface area contributed by atoms with Crippen LogP contribution < -0.4 is 5.32 Å². The molecule has 2 nitrogen and oxygen atoms in total. The number of nitrogens with one attached hydrogen (secondary N) is 1. The van der Waals surface area contributed by atoms with Crippen molar-refractivity contribution in [2.75, 3.05) is 5.32 Å². The lowest BCUT2D eigenvalue weighted by atomic mass is 10.1. The molecule has 1 heterocycles. The first-order valence-corrected chi connectivity index (χ1v) is 7.87. The maximum atomic E-state index is 11.9. The molecule has 0 spiro atoms. The summed E-state index contributed by atoms with van der Waals surface area (Å²) in [5.74, 6) is -0.124. The quantitative estimate of drug-likeness (QED) is 0.670. The molecule has 0 fully saturated rings. The summed E-state index contributed by atoms with van der Waals surface area (Å²) in [6.07, 6.45) is 3.41. The standard InChI is InChI=1S/C19H15NOS/c21-19(20-17-9-5-2-6-10-17)12-11-18-13-16(14-22-18)15-7-3-1-4-8-15/h1-14H,(H,20,21)/b12-11+. The zero-order valence-corrected chi connectivity index (χ0v) is 12.7. The molecule has 0 aliphatic carbocycles. The fourth-order valence-electron chi connectivity index (χ4n) is 2.09. The molecule has 0 atom stereocenters. The average Bonchev–Trinajstić information content (AvgIpc) is 3.04. The van der Waals surface area contributed by atoms with Crippen LogP contribution in [0.1, 0.15) is 4.88 Å². The number of carbonyl (C=O) groups excluding carboxylic acids is 1. The van der Waals surface area contributed by atoms with Crippen molar-refractivity contribution in [1.29, 1.82) is 0 Å². The molecule has 0 saturated heterocycles. The van der Waals surface area contributed by atoms with Crippen LogP contribution in [0, 0.1) is 0 Å². The molecule has 3 rings (SSSR count). The maximum Gasteiger partial charge on any atom is 0.248 e. The Bertz CT molecular complexity index is 775. The van der Waals surface area contributed by atoms with Gasteiger partial charge in [-0.05, 0) is 40.8 Å². The summed E-state index contributed by atoms with van der Waals surface area (Å²) in [7, 11) is 0. The minimum atomic E-state index is -0.124. The van der Waals surface area contributed by atoms with Crippen molar-refractivity contribution in [3.8, 4) is 11.1 Å². The molecule has 0 aliphatic rings. The van der Waals surface area contributed by atoms with Gasteiger partial charge in [0.15, 0.2) is 0 Å². The number of thiophene rings is 1. The summed E-state index contributed by atoms with van der Waals surface area (Å²) in [6, 6.07) is 21.7. The van der Waals surface area contributed by atoms with Crippen LogP contribution in [0.3, 0.4) is 0 Å². The van der Waals surface area contributed by atoms with E-state index >= 15 is 0 Å². The van der Waals surface area contributed by atoms with Gasteiger partial charge < -0.3 is 5.32 Å². The van der Waals surface area contributed by atoms with Gasteiger partial charge >= 0.3 is 0 Å². The summed E-state index contributed by atoms with van der Waals surface area (Å²) >= 11 is 1.63. The monoisotopic (exact) mass is 305 g/mol. The van der Waals surface area contributed by atoms with E-state index in [1.807, 2.05) is 54.6 Å². The molecule has 1 aromatic heterocycles. The molecule has 2 aromatic carbocycles. The summed E-state index contributed by atoms with van der Waals surface area (Å²) < 4.78 is 0. The molecular weight excluding hydrogens is 290 g/mol. The molecule has 3 heteroatoms. The van der Waals surface area contributed by atoms with Crippen LogP contribution in [-0.2, 0) is 4.79 Å². The Hall–Kier alpha value is -2.65. The van der Waals surface area contributed by atoms with Gasteiger partial charge in [0.1, 0.15) is 0 Å². The van der Waals surface area contributed by atoms with Gasteiger partial charge in [0.2, 0.25) is 5.91 Å². The highest BCUT2D eigenvalue weighted by atomic mass is 32.1. The van der Waals surface area contributed by atoms with Gasteiger partial charge in [-0.3, -0.25) is 4.79 Å². The highest BCUT2D eigenvalue weighted by Crippen LogP contribution is 2.26. The van der Waals surface area contributed by atoms with Crippen molar-refractivity contribution >= 4 is 29.0 Å². The van der Waals surface area contributed by atoms with Gasteiger partial charge in [-0.15, -0.1) is 11.3 Å². The molecule has 1 amide bonds. The Morgan fingerprint density at radius 2 is 1.59 bits per heavy atom. The SMILES string of the molecule is O=C(/C=C/c1cc(-c2ccccc2)cs1)Nc1ccccc1. The van der Waals surface area contributed by atoms with E-state index in [0.29, 0.717) is 0 Å². The van der Waals surface area contributed by atoms with Crippen LogP contribution in [0.25, 0.3) is 17.2 Å². The minimum Gasteiger partial charge on any atom is -0.323 e. The second-order valence-corrected chi connectivity index (χ2v) is 5.74. The number of anilines is 1. The van der Waals surface area contributed by atoms with Crippen LogP contribution in [0.5, 0.6) is 0 Å². The Balaban J connectivity index is 1.66. The maximum absolute atomic E-state index is 11.9. The lowest BCUT2D eigenvalue weighted by Crippen LogP contribution is -2.07. The van der Waals surface area contributed by atoms with Crippen LogP contribution in [0.15, 0.2) is 78.2 Å². The minimum absolute atomic E-state index is 0.124. The molecular formula is C19H15NOS. The van der Waals surface area contributed by atoms with E-state index in [1.54, 1.807) is 17.4 Å². The number of hydrogen-bond acceptors (Lipinski definition) is 2. The zero-order chi connectivity index (χ0) is 15.2. The third-order valence-corrected chi connectivity index (χ3v) is 4.07. The topological polar surface area (TPSA) is 29.1 Å². The Morgan fingerprint density at radius 3 is 2.32 bits per heavy atom. The van der Waals surface area contributed by atoms with E-state index in [0.717, 1.165) is 10.6 Å². The number of hydrogen-bond donors (Lipinski definition) is 1. The van der Waals surface area contributed by atoms with E-state index in [4.69, 9.17) is 0 Å². The first kappa shape index (κ1) is 14.3. The summed E-state index contributed by atoms with van der Waals surface area (Å²) in [5.41, 5.74) is 3.16. The largest absolute Gasteiger partial charge is 0.323 e. The summed E-state index contributed by atoms with van der Waals surface area (Å²) in [6.45, 7) is 0.